The van der Waals surface area contributed by atoms with Crippen molar-refractivity contribution >= 4 is 37.5 Å². The van der Waals surface area contributed by atoms with Gasteiger partial charge in [0.15, 0.2) is 0 Å². The van der Waals surface area contributed by atoms with E-state index in [1.54, 1.807) is 0 Å². The lowest BCUT2D eigenvalue weighted by atomic mass is 10.1. The monoisotopic (exact) mass is 383 g/mol. The van der Waals surface area contributed by atoms with Gasteiger partial charge in [-0.3, -0.25) is 0 Å². The number of benzene rings is 1. The fourth-order valence-corrected chi connectivity index (χ4v) is 3.94. The maximum atomic E-state index is 6.14. The number of rotatable bonds is 2. The van der Waals surface area contributed by atoms with Gasteiger partial charge in [0.2, 0.25) is 0 Å². The number of nitrogens with zero attached hydrogens (tertiary/aromatic N) is 1. The molecule has 1 atom stereocenters. The second kappa shape index (κ2) is 4.94. The summed E-state index contributed by atoms with van der Waals surface area (Å²) >= 11 is 6.98. The molecule has 0 saturated heterocycles. The molecule has 3 N–H and O–H groups in total. The van der Waals surface area contributed by atoms with Crippen molar-refractivity contribution in [3.63, 3.8) is 0 Å². The number of fused-ring (bicyclic) bond motifs is 1. The van der Waals surface area contributed by atoms with Crippen molar-refractivity contribution in [3.8, 4) is 11.4 Å². The van der Waals surface area contributed by atoms with E-state index in [1.807, 2.05) is 12.1 Å². The summed E-state index contributed by atoms with van der Waals surface area (Å²) in [6.45, 7) is 2.22. The minimum atomic E-state index is 0.594. The van der Waals surface area contributed by atoms with Crippen LogP contribution in [0, 0.1) is 0 Å². The molecule has 0 spiro atoms. The van der Waals surface area contributed by atoms with E-state index >= 15 is 0 Å². The molecule has 100 valence electrons. The smallest absolute Gasteiger partial charge is 0.140 e. The average molecular weight is 385 g/mol. The van der Waals surface area contributed by atoms with Crippen molar-refractivity contribution in [1.82, 2.24) is 9.97 Å². The van der Waals surface area contributed by atoms with Crippen molar-refractivity contribution in [2.45, 2.75) is 32.1 Å². The Kier molecular flexibility index (Phi) is 3.43. The van der Waals surface area contributed by atoms with Gasteiger partial charge in [-0.1, -0.05) is 22.9 Å². The van der Waals surface area contributed by atoms with Crippen LogP contribution >= 0.6 is 31.9 Å². The summed E-state index contributed by atoms with van der Waals surface area (Å²) in [7, 11) is 0. The molecule has 0 amide bonds. The maximum Gasteiger partial charge on any atom is 0.140 e. The van der Waals surface area contributed by atoms with Crippen molar-refractivity contribution < 1.29 is 0 Å². The molecule has 2 aromatic rings. The van der Waals surface area contributed by atoms with Gasteiger partial charge in [-0.15, -0.1) is 0 Å². The van der Waals surface area contributed by atoms with Crippen molar-refractivity contribution in [2.24, 2.45) is 0 Å². The van der Waals surface area contributed by atoms with Gasteiger partial charge in [0.05, 0.1) is 11.4 Å². The summed E-state index contributed by atoms with van der Waals surface area (Å²) in [6.07, 6.45) is 3.45. The summed E-state index contributed by atoms with van der Waals surface area (Å²) in [5.41, 5.74) is 10.3. The van der Waals surface area contributed by atoms with Gasteiger partial charge in [0.25, 0.3) is 0 Å². The van der Waals surface area contributed by atoms with Crippen molar-refractivity contribution in [1.29, 1.82) is 0 Å². The Bertz CT molecular complexity index is 634. The highest BCUT2D eigenvalue weighted by Gasteiger charge is 2.26. The Morgan fingerprint density at radius 3 is 2.95 bits per heavy atom. The Morgan fingerprint density at radius 1 is 1.42 bits per heavy atom. The van der Waals surface area contributed by atoms with Crippen LogP contribution in [0.15, 0.2) is 21.1 Å². The lowest BCUT2D eigenvalue weighted by Gasteiger charge is -2.07. The quantitative estimate of drug-likeness (QED) is 0.742. The lowest BCUT2D eigenvalue weighted by molar-refractivity contribution is 0.641. The van der Waals surface area contributed by atoms with Crippen LogP contribution in [-0.4, -0.2) is 9.97 Å². The molecular weight excluding hydrogens is 370 g/mol. The number of imidazole rings is 1. The van der Waals surface area contributed by atoms with Crippen LogP contribution < -0.4 is 5.73 Å². The first-order chi connectivity index (χ1) is 9.10. The Morgan fingerprint density at radius 2 is 2.21 bits per heavy atom. The topological polar surface area (TPSA) is 54.7 Å². The highest BCUT2D eigenvalue weighted by molar-refractivity contribution is 9.11. The van der Waals surface area contributed by atoms with E-state index in [4.69, 9.17) is 10.7 Å². The molecule has 0 fully saturated rings. The van der Waals surface area contributed by atoms with Crippen LogP contribution in [-0.2, 0) is 6.42 Å². The molecule has 0 saturated carbocycles. The van der Waals surface area contributed by atoms with Gasteiger partial charge in [-0.25, -0.2) is 4.98 Å². The third kappa shape index (κ3) is 2.23. The van der Waals surface area contributed by atoms with Crippen LogP contribution in [0.2, 0.25) is 0 Å². The Labute approximate surface area is 129 Å². The third-order valence-corrected chi connectivity index (χ3v) is 4.90. The number of hydrogen-bond acceptors (Lipinski definition) is 2. The normalized spacial score (nSPS) is 17.7. The van der Waals surface area contributed by atoms with E-state index in [-0.39, 0.29) is 0 Å². The number of nitrogen functional groups attached to an aromatic ring is 1. The fourth-order valence-electron chi connectivity index (χ4n) is 2.71. The molecule has 0 aliphatic heterocycles. The summed E-state index contributed by atoms with van der Waals surface area (Å²) < 4.78 is 1.88. The number of aryl methyl sites for hydroxylation is 1. The Balaban J connectivity index is 2.09. The average Bonchev–Trinajstić information content (AvgIpc) is 2.93. The molecule has 1 aliphatic rings. The highest BCUT2D eigenvalue weighted by atomic mass is 79.9. The van der Waals surface area contributed by atoms with Crippen LogP contribution in [0.25, 0.3) is 11.4 Å². The minimum absolute atomic E-state index is 0.594. The molecule has 19 heavy (non-hydrogen) atoms. The molecule has 5 heteroatoms. The molecule has 1 aromatic carbocycles. The number of nitrogens with two attached hydrogens (primary N) is 1. The van der Waals surface area contributed by atoms with Gasteiger partial charge < -0.3 is 10.7 Å². The fraction of sp³-hybridized carbons (Fsp3) is 0.357. The first-order valence-electron chi connectivity index (χ1n) is 6.43. The predicted octanol–water partition coefficient (Wildman–Crippen LogP) is 4.62. The number of aromatic amines is 1. The van der Waals surface area contributed by atoms with Crippen LogP contribution in [0.4, 0.5) is 5.69 Å². The van der Waals surface area contributed by atoms with Crippen molar-refractivity contribution in [3.05, 3.63) is 32.5 Å². The predicted molar refractivity (Wildman–Crippen MR) is 85.2 cm³/mol. The number of halogens is 2. The zero-order chi connectivity index (χ0) is 13.6. The minimum Gasteiger partial charge on any atom is -0.397 e. The van der Waals surface area contributed by atoms with E-state index in [1.165, 1.54) is 17.8 Å². The highest BCUT2D eigenvalue weighted by Crippen LogP contribution is 2.38. The van der Waals surface area contributed by atoms with Gasteiger partial charge in [-0.05, 0) is 47.3 Å². The number of H-pyrrole nitrogens is 1. The summed E-state index contributed by atoms with van der Waals surface area (Å²) in [5.74, 6) is 1.47. The molecule has 0 bridgehead atoms. The SMILES string of the molecule is CCC1CCc2[nH]c(-c3cc(Br)cc(Br)c3N)nc21. The molecule has 1 unspecified atom stereocenters. The zero-order valence-corrected chi connectivity index (χ0v) is 13.8. The molecule has 1 heterocycles. The first kappa shape index (κ1) is 13.2. The van der Waals surface area contributed by atoms with Crippen LogP contribution in [0.1, 0.15) is 37.1 Å². The molecule has 0 radical (unpaired) electrons. The van der Waals surface area contributed by atoms with Crippen molar-refractivity contribution in [2.75, 3.05) is 5.73 Å². The molecular formula is C14H15Br2N3. The molecule has 3 rings (SSSR count). The maximum absolute atomic E-state index is 6.14. The standard InChI is InChI=1S/C14H15Br2N3/c1-2-7-3-4-11-13(7)19-14(18-11)9-5-8(15)6-10(16)12(9)17/h5-7H,2-4,17H2,1H3,(H,18,19). The Hall–Kier alpha value is -0.810. The molecule has 1 aromatic heterocycles. The molecule has 1 aliphatic carbocycles. The zero-order valence-electron chi connectivity index (χ0n) is 10.6. The van der Waals surface area contributed by atoms with E-state index in [0.29, 0.717) is 5.92 Å². The number of hydrogen-bond donors (Lipinski definition) is 2. The summed E-state index contributed by atoms with van der Waals surface area (Å²) in [6, 6.07) is 3.96. The first-order valence-corrected chi connectivity index (χ1v) is 8.02. The summed E-state index contributed by atoms with van der Waals surface area (Å²) in [5, 5.41) is 0. The summed E-state index contributed by atoms with van der Waals surface area (Å²) in [4.78, 5) is 8.22. The van der Waals surface area contributed by atoms with Gasteiger partial charge in [0, 0.05) is 26.1 Å². The van der Waals surface area contributed by atoms with Gasteiger partial charge in [-0.2, -0.15) is 0 Å². The second-order valence-corrected chi connectivity index (χ2v) is 6.71. The van der Waals surface area contributed by atoms with Gasteiger partial charge in [0.1, 0.15) is 5.82 Å². The van der Waals surface area contributed by atoms with E-state index in [9.17, 15) is 0 Å². The second-order valence-electron chi connectivity index (χ2n) is 4.94. The number of anilines is 1. The van der Waals surface area contributed by atoms with E-state index < -0.39 is 0 Å². The van der Waals surface area contributed by atoms with E-state index in [2.05, 4.69) is 43.8 Å². The van der Waals surface area contributed by atoms with Crippen LogP contribution in [0.3, 0.4) is 0 Å². The third-order valence-electron chi connectivity index (χ3n) is 3.78. The largest absolute Gasteiger partial charge is 0.397 e. The van der Waals surface area contributed by atoms with E-state index in [0.717, 1.165) is 38.9 Å². The number of nitrogens with one attached hydrogen (secondary N) is 1. The van der Waals surface area contributed by atoms with Crippen LogP contribution in [0.5, 0.6) is 0 Å². The molecule has 3 nitrogen and oxygen atoms in total. The lowest BCUT2D eigenvalue weighted by Crippen LogP contribution is -1.95. The number of aromatic nitrogens is 2. The van der Waals surface area contributed by atoms with Gasteiger partial charge >= 0.3 is 0 Å².